The minimum atomic E-state index is 1.01. The third-order valence-electron chi connectivity index (χ3n) is 1.95. The van der Waals surface area contributed by atoms with Gasteiger partial charge in [0, 0.05) is 19.6 Å². The molecule has 73 valence electrons. The Morgan fingerprint density at radius 2 is 1.67 bits per heavy atom. The van der Waals surface area contributed by atoms with Crippen molar-refractivity contribution in [3.8, 4) is 0 Å². The molecule has 0 bridgehead atoms. The van der Waals surface area contributed by atoms with Gasteiger partial charge >= 0.3 is 0 Å². The van der Waals surface area contributed by atoms with Gasteiger partial charge in [-0.2, -0.15) is 5.43 Å². The van der Waals surface area contributed by atoms with Crippen LogP contribution in [0.15, 0.2) is 0 Å². The van der Waals surface area contributed by atoms with Crippen LogP contribution in [0.3, 0.4) is 0 Å². The fourth-order valence-corrected chi connectivity index (χ4v) is 1.04. The maximum absolute atomic E-state index is 4.50. The van der Waals surface area contributed by atoms with E-state index in [0.29, 0.717) is 0 Å². The smallest absolute Gasteiger partial charge is 0.0306 e. The first-order valence-corrected chi connectivity index (χ1v) is 5.27. The van der Waals surface area contributed by atoms with Gasteiger partial charge in [0.1, 0.15) is 0 Å². The molecule has 0 saturated carbocycles. The quantitative estimate of drug-likeness (QED) is 0.405. The molecule has 0 aromatic rings. The van der Waals surface area contributed by atoms with E-state index < -0.39 is 0 Å². The van der Waals surface area contributed by atoms with E-state index >= 15 is 0 Å². The molecule has 12 heavy (non-hydrogen) atoms. The molecule has 0 spiro atoms. The molecule has 0 aliphatic heterocycles. The largest absolute Gasteiger partial charge is 0.227 e. The molecule has 0 fully saturated rings. The van der Waals surface area contributed by atoms with Gasteiger partial charge in [0.15, 0.2) is 0 Å². The highest BCUT2D eigenvalue weighted by Gasteiger charge is 2.00. The highest BCUT2D eigenvalue weighted by Crippen LogP contribution is 1.93. The summed E-state index contributed by atoms with van der Waals surface area (Å²) in [4.78, 5) is 0. The van der Waals surface area contributed by atoms with Gasteiger partial charge in [0.25, 0.3) is 0 Å². The van der Waals surface area contributed by atoms with Crippen LogP contribution in [0, 0.1) is 0 Å². The summed E-state index contributed by atoms with van der Waals surface area (Å²) in [5.74, 6) is 0. The number of hydrogen-bond donors (Lipinski definition) is 0. The van der Waals surface area contributed by atoms with Crippen molar-refractivity contribution in [1.29, 1.82) is 0 Å². The van der Waals surface area contributed by atoms with Crippen molar-refractivity contribution in [3.63, 3.8) is 0 Å². The summed E-state index contributed by atoms with van der Waals surface area (Å²) in [6.07, 6.45) is 5.00. The molecule has 0 aliphatic carbocycles. The summed E-state index contributed by atoms with van der Waals surface area (Å²) in [5.41, 5.74) is 4.50. The first-order valence-electron chi connectivity index (χ1n) is 5.27. The fraction of sp³-hybridized carbons (Fsp3) is 1.00. The Kier molecular flexibility index (Phi) is 8.95. The van der Waals surface area contributed by atoms with E-state index in [1.165, 1.54) is 25.7 Å². The molecule has 0 atom stereocenters. The standard InChI is InChI=1S/C10H23N2/c1-4-7-9-11-12(6-3)10-8-5-2/h4-10H2,1-3H3. The molecule has 0 aliphatic rings. The van der Waals surface area contributed by atoms with Gasteiger partial charge in [-0.3, -0.25) is 0 Å². The van der Waals surface area contributed by atoms with Gasteiger partial charge in [-0.1, -0.05) is 33.6 Å². The Labute approximate surface area is 77.3 Å². The Hall–Kier alpha value is -0.0800. The molecule has 0 unspecified atom stereocenters. The average molecular weight is 171 g/mol. The van der Waals surface area contributed by atoms with Crippen molar-refractivity contribution in [1.82, 2.24) is 10.4 Å². The molecule has 0 aromatic heterocycles. The minimum Gasteiger partial charge on any atom is -0.227 e. The summed E-state index contributed by atoms with van der Waals surface area (Å²) in [6.45, 7) is 9.80. The van der Waals surface area contributed by atoms with Gasteiger partial charge in [0.2, 0.25) is 0 Å². The Morgan fingerprint density at radius 3 is 2.17 bits per heavy atom. The average Bonchev–Trinajstić information content (AvgIpc) is 2.11. The van der Waals surface area contributed by atoms with Crippen molar-refractivity contribution < 1.29 is 0 Å². The first-order chi connectivity index (χ1) is 5.85. The summed E-state index contributed by atoms with van der Waals surface area (Å²) in [6, 6.07) is 0. The van der Waals surface area contributed by atoms with Crippen LogP contribution in [0.25, 0.3) is 0 Å². The fourth-order valence-electron chi connectivity index (χ4n) is 1.04. The molecule has 0 aromatic carbocycles. The molecule has 0 heterocycles. The van der Waals surface area contributed by atoms with Crippen LogP contribution in [-0.2, 0) is 0 Å². The van der Waals surface area contributed by atoms with Crippen LogP contribution in [-0.4, -0.2) is 24.6 Å². The van der Waals surface area contributed by atoms with E-state index in [1.54, 1.807) is 0 Å². The van der Waals surface area contributed by atoms with Crippen molar-refractivity contribution in [2.24, 2.45) is 0 Å². The van der Waals surface area contributed by atoms with Crippen LogP contribution >= 0.6 is 0 Å². The maximum Gasteiger partial charge on any atom is 0.0306 e. The van der Waals surface area contributed by atoms with Crippen LogP contribution in [0.2, 0.25) is 0 Å². The lowest BCUT2D eigenvalue weighted by Gasteiger charge is -2.18. The van der Waals surface area contributed by atoms with Crippen LogP contribution in [0.1, 0.15) is 46.5 Å². The van der Waals surface area contributed by atoms with E-state index in [1.807, 2.05) is 0 Å². The second kappa shape index (κ2) is 9.01. The van der Waals surface area contributed by atoms with Gasteiger partial charge in [0.05, 0.1) is 0 Å². The van der Waals surface area contributed by atoms with E-state index in [9.17, 15) is 0 Å². The molecular weight excluding hydrogens is 148 g/mol. The molecule has 2 nitrogen and oxygen atoms in total. The lowest BCUT2D eigenvalue weighted by molar-refractivity contribution is 0.186. The molecule has 0 rings (SSSR count). The molecule has 2 heteroatoms. The number of nitrogens with zero attached hydrogens (tertiary/aromatic N) is 2. The maximum atomic E-state index is 4.50. The predicted molar refractivity (Wildman–Crippen MR) is 54.1 cm³/mol. The summed E-state index contributed by atoms with van der Waals surface area (Å²) in [7, 11) is 0. The van der Waals surface area contributed by atoms with Crippen LogP contribution in [0.4, 0.5) is 0 Å². The van der Waals surface area contributed by atoms with E-state index in [-0.39, 0.29) is 0 Å². The molecular formula is C10H23N2. The number of unbranched alkanes of at least 4 members (excludes halogenated alkanes) is 2. The molecule has 0 N–H and O–H groups in total. The highest BCUT2D eigenvalue weighted by molar-refractivity contribution is 4.49. The SMILES string of the molecule is CCCC[N]N(CC)CCCC. The third-order valence-corrected chi connectivity index (χ3v) is 1.95. The van der Waals surface area contributed by atoms with Gasteiger partial charge in [-0.25, -0.2) is 5.01 Å². The Bertz CT molecular complexity index is 83.9. The zero-order valence-corrected chi connectivity index (χ0v) is 8.84. The lowest BCUT2D eigenvalue weighted by atomic mass is 10.3. The van der Waals surface area contributed by atoms with Crippen molar-refractivity contribution in [3.05, 3.63) is 0 Å². The minimum absolute atomic E-state index is 1.01. The zero-order valence-electron chi connectivity index (χ0n) is 8.84. The topological polar surface area (TPSA) is 17.3 Å². The van der Waals surface area contributed by atoms with Crippen LogP contribution < -0.4 is 5.43 Å². The van der Waals surface area contributed by atoms with E-state index in [2.05, 4.69) is 31.2 Å². The zero-order chi connectivity index (χ0) is 9.23. The van der Waals surface area contributed by atoms with Gasteiger partial charge in [-0.15, -0.1) is 0 Å². The Morgan fingerprint density at radius 1 is 1.00 bits per heavy atom. The number of hydrogen-bond acceptors (Lipinski definition) is 1. The molecule has 0 amide bonds. The highest BCUT2D eigenvalue weighted by atomic mass is 15.5. The monoisotopic (exact) mass is 171 g/mol. The second-order valence-electron chi connectivity index (χ2n) is 3.12. The second-order valence-corrected chi connectivity index (χ2v) is 3.12. The van der Waals surface area contributed by atoms with Gasteiger partial charge in [-0.05, 0) is 12.8 Å². The van der Waals surface area contributed by atoms with E-state index in [4.69, 9.17) is 0 Å². The Balaban J connectivity index is 3.26. The third kappa shape index (κ3) is 6.62. The summed E-state index contributed by atoms with van der Waals surface area (Å²) >= 11 is 0. The number of rotatable bonds is 8. The molecule has 0 saturated heterocycles. The summed E-state index contributed by atoms with van der Waals surface area (Å²) < 4.78 is 0. The van der Waals surface area contributed by atoms with Gasteiger partial charge < -0.3 is 0 Å². The predicted octanol–water partition coefficient (Wildman–Crippen LogP) is 2.43. The summed E-state index contributed by atoms with van der Waals surface area (Å²) in [5, 5.41) is 2.19. The molecule has 1 radical (unpaired) electrons. The van der Waals surface area contributed by atoms with Crippen LogP contribution in [0.5, 0.6) is 0 Å². The van der Waals surface area contributed by atoms with E-state index in [0.717, 1.165) is 19.6 Å². The van der Waals surface area contributed by atoms with Crippen molar-refractivity contribution >= 4 is 0 Å². The normalized spacial score (nSPS) is 11.0. The van der Waals surface area contributed by atoms with Crippen molar-refractivity contribution in [2.75, 3.05) is 19.6 Å². The lowest BCUT2D eigenvalue weighted by Crippen LogP contribution is -2.33. The first kappa shape index (κ1) is 11.9. The van der Waals surface area contributed by atoms with Crippen molar-refractivity contribution in [2.45, 2.75) is 46.5 Å².